The summed E-state index contributed by atoms with van der Waals surface area (Å²) in [6.45, 7) is 4.14. The molecule has 0 spiro atoms. The number of hydrogen-bond donors (Lipinski definition) is 1. The standard InChI is InChI=1S/C17H20FN3/c1-13-16(20-17-15(18)8-5-10-19-17)9-11-21(13)12-14-6-3-2-4-7-14/h2-8,10,13,16H,9,11-12H2,1H3,(H,19,20). The van der Waals surface area contributed by atoms with E-state index in [-0.39, 0.29) is 11.9 Å². The van der Waals surface area contributed by atoms with Crippen LogP contribution in [0, 0.1) is 5.82 Å². The Balaban J connectivity index is 1.64. The van der Waals surface area contributed by atoms with Crippen LogP contribution in [0.2, 0.25) is 0 Å². The fourth-order valence-corrected chi connectivity index (χ4v) is 2.91. The molecule has 0 amide bonds. The lowest BCUT2D eigenvalue weighted by molar-refractivity contribution is 0.255. The minimum atomic E-state index is -0.286. The first-order valence-electron chi connectivity index (χ1n) is 7.39. The molecule has 1 aromatic carbocycles. The monoisotopic (exact) mass is 285 g/mol. The zero-order valence-electron chi connectivity index (χ0n) is 12.2. The highest BCUT2D eigenvalue weighted by atomic mass is 19.1. The first-order chi connectivity index (χ1) is 10.2. The second-order valence-electron chi connectivity index (χ2n) is 5.57. The molecular weight excluding hydrogens is 265 g/mol. The number of halogens is 1. The average molecular weight is 285 g/mol. The van der Waals surface area contributed by atoms with Gasteiger partial charge in [0.1, 0.15) is 0 Å². The highest BCUT2D eigenvalue weighted by Crippen LogP contribution is 2.23. The quantitative estimate of drug-likeness (QED) is 0.934. The van der Waals surface area contributed by atoms with Crippen LogP contribution in [-0.2, 0) is 6.54 Å². The lowest BCUT2D eigenvalue weighted by Gasteiger charge is -2.25. The number of pyridine rings is 1. The van der Waals surface area contributed by atoms with E-state index in [1.165, 1.54) is 11.6 Å². The van der Waals surface area contributed by atoms with Crippen molar-refractivity contribution < 1.29 is 4.39 Å². The zero-order chi connectivity index (χ0) is 14.7. The molecule has 21 heavy (non-hydrogen) atoms. The molecule has 110 valence electrons. The van der Waals surface area contributed by atoms with E-state index < -0.39 is 0 Å². The van der Waals surface area contributed by atoms with E-state index >= 15 is 0 Å². The smallest absolute Gasteiger partial charge is 0.165 e. The number of likely N-dealkylation sites (tertiary alicyclic amines) is 1. The molecule has 0 radical (unpaired) electrons. The maximum Gasteiger partial charge on any atom is 0.165 e. The van der Waals surface area contributed by atoms with Crippen LogP contribution in [0.15, 0.2) is 48.7 Å². The van der Waals surface area contributed by atoms with Crippen molar-refractivity contribution in [1.29, 1.82) is 0 Å². The molecule has 2 atom stereocenters. The Morgan fingerprint density at radius 2 is 2.05 bits per heavy atom. The van der Waals surface area contributed by atoms with Crippen LogP contribution in [-0.4, -0.2) is 28.5 Å². The zero-order valence-corrected chi connectivity index (χ0v) is 12.2. The second-order valence-corrected chi connectivity index (χ2v) is 5.57. The molecule has 1 N–H and O–H groups in total. The van der Waals surface area contributed by atoms with Gasteiger partial charge in [-0.1, -0.05) is 30.3 Å². The lowest BCUT2D eigenvalue weighted by Crippen LogP contribution is -2.36. The summed E-state index contributed by atoms with van der Waals surface area (Å²) < 4.78 is 13.7. The van der Waals surface area contributed by atoms with Gasteiger partial charge in [0, 0.05) is 31.4 Å². The number of nitrogens with one attached hydrogen (secondary N) is 1. The van der Waals surface area contributed by atoms with E-state index in [4.69, 9.17) is 0 Å². The van der Waals surface area contributed by atoms with Gasteiger partial charge in [-0.2, -0.15) is 0 Å². The molecule has 1 saturated heterocycles. The van der Waals surface area contributed by atoms with Crippen LogP contribution < -0.4 is 5.32 Å². The molecule has 3 nitrogen and oxygen atoms in total. The summed E-state index contributed by atoms with van der Waals surface area (Å²) in [5.41, 5.74) is 1.31. The molecule has 2 heterocycles. The third kappa shape index (κ3) is 3.22. The molecule has 1 aromatic heterocycles. The Kier molecular flexibility index (Phi) is 4.15. The fraction of sp³-hybridized carbons (Fsp3) is 0.353. The van der Waals surface area contributed by atoms with Gasteiger partial charge in [-0.15, -0.1) is 0 Å². The first-order valence-corrected chi connectivity index (χ1v) is 7.39. The molecule has 0 aliphatic carbocycles. The van der Waals surface area contributed by atoms with Crippen molar-refractivity contribution in [2.24, 2.45) is 0 Å². The molecule has 1 fully saturated rings. The lowest BCUT2D eigenvalue weighted by atomic mass is 10.1. The summed E-state index contributed by atoms with van der Waals surface area (Å²) in [5, 5.41) is 3.25. The van der Waals surface area contributed by atoms with Gasteiger partial charge >= 0.3 is 0 Å². The molecule has 2 aromatic rings. The minimum Gasteiger partial charge on any atom is -0.363 e. The van der Waals surface area contributed by atoms with Gasteiger partial charge in [0.25, 0.3) is 0 Å². The van der Waals surface area contributed by atoms with Crippen molar-refractivity contribution in [2.45, 2.75) is 32.0 Å². The molecule has 0 saturated carbocycles. The first kappa shape index (κ1) is 14.0. The topological polar surface area (TPSA) is 28.2 Å². The van der Waals surface area contributed by atoms with Gasteiger partial charge in [0.15, 0.2) is 11.6 Å². The van der Waals surface area contributed by atoms with E-state index in [0.29, 0.717) is 11.9 Å². The van der Waals surface area contributed by atoms with Crippen molar-refractivity contribution in [3.05, 3.63) is 60.0 Å². The highest BCUT2D eigenvalue weighted by molar-refractivity contribution is 5.37. The largest absolute Gasteiger partial charge is 0.363 e. The fourth-order valence-electron chi connectivity index (χ4n) is 2.91. The predicted octanol–water partition coefficient (Wildman–Crippen LogP) is 3.30. The predicted molar refractivity (Wildman–Crippen MR) is 82.5 cm³/mol. The van der Waals surface area contributed by atoms with Crippen LogP contribution in [0.5, 0.6) is 0 Å². The molecule has 2 unspecified atom stereocenters. The van der Waals surface area contributed by atoms with Crippen LogP contribution in [0.1, 0.15) is 18.9 Å². The van der Waals surface area contributed by atoms with E-state index in [2.05, 4.69) is 46.4 Å². The maximum atomic E-state index is 13.7. The minimum absolute atomic E-state index is 0.234. The third-order valence-corrected chi connectivity index (χ3v) is 4.19. The molecule has 4 heteroatoms. The molecule has 3 rings (SSSR count). The van der Waals surface area contributed by atoms with Crippen molar-refractivity contribution in [3.63, 3.8) is 0 Å². The van der Waals surface area contributed by atoms with Crippen molar-refractivity contribution in [2.75, 3.05) is 11.9 Å². The van der Waals surface area contributed by atoms with Crippen LogP contribution in [0.25, 0.3) is 0 Å². The number of benzene rings is 1. The normalized spacial score (nSPS) is 22.4. The van der Waals surface area contributed by atoms with Gasteiger partial charge in [0.2, 0.25) is 0 Å². The number of rotatable bonds is 4. The second kappa shape index (κ2) is 6.22. The maximum absolute atomic E-state index is 13.7. The van der Waals surface area contributed by atoms with Crippen molar-refractivity contribution >= 4 is 5.82 Å². The van der Waals surface area contributed by atoms with E-state index in [9.17, 15) is 4.39 Å². The summed E-state index contributed by atoms with van der Waals surface area (Å²) in [6.07, 6.45) is 2.62. The summed E-state index contributed by atoms with van der Waals surface area (Å²) in [5.74, 6) is 0.0714. The summed E-state index contributed by atoms with van der Waals surface area (Å²) >= 11 is 0. The van der Waals surface area contributed by atoms with Crippen molar-refractivity contribution in [3.8, 4) is 0 Å². The number of anilines is 1. The molecular formula is C17H20FN3. The number of aromatic nitrogens is 1. The Bertz CT molecular complexity index is 588. The Morgan fingerprint density at radius 1 is 1.24 bits per heavy atom. The Morgan fingerprint density at radius 3 is 2.81 bits per heavy atom. The highest BCUT2D eigenvalue weighted by Gasteiger charge is 2.31. The Labute approximate surface area is 124 Å². The van der Waals surface area contributed by atoms with E-state index in [1.54, 1.807) is 12.3 Å². The summed E-state index contributed by atoms with van der Waals surface area (Å²) in [6, 6.07) is 14.1. The Hall–Kier alpha value is -1.94. The van der Waals surface area contributed by atoms with Crippen LogP contribution in [0.3, 0.4) is 0 Å². The van der Waals surface area contributed by atoms with Crippen molar-refractivity contribution in [1.82, 2.24) is 9.88 Å². The van der Waals surface area contributed by atoms with Gasteiger partial charge in [-0.3, -0.25) is 4.90 Å². The number of nitrogens with zero attached hydrogens (tertiary/aromatic N) is 2. The van der Waals surface area contributed by atoms with Gasteiger partial charge in [-0.05, 0) is 31.0 Å². The molecule has 1 aliphatic heterocycles. The van der Waals surface area contributed by atoms with Gasteiger partial charge < -0.3 is 5.32 Å². The summed E-state index contributed by atoms with van der Waals surface area (Å²) in [7, 11) is 0. The third-order valence-electron chi connectivity index (χ3n) is 4.19. The molecule has 0 bridgehead atoms. The number of hydrogen-bond acceptors (Lipinski definition) is 3. The van der Waals surface area contributed by atoms with E-state index in [1.807, 2.05) is 6.07 Å². The van der Waals surface area contributed by atoms with Gasteiger partial charge in [-0.25, -0.2) is 9.37 Å². The SMILES string of the molecule is CC1C(Nc2ncccc2F)CCN1Cc1ccccc1. The average Bonchev–Trinajstić information content (AvgIpc) is 2.84. The van der Waals surface area contributed by atoms with E-state index in [0.717, 1.165) is 19.5 Å². The summed E-state index contributed by atoms with van der Waals surface area (Å²) in [4.78, 5) is 6.51. The molecule has 1 aliphatic rings. The van der Waals surface area contributed by atoms with Gasteiger partial charge in [0.05, 0.1) is 0 Å². The van der Waals surface area contributed by atoms with Crippen LogP contribution >= 0.6 is 0 Å². The van der Waals surface area contributed by atoms with Crippen LogP contribution in [0.4, 0.5) is 10.2 Å².